The van der Waals surface area contributed by atoms with Crippen molar-refractivity contribution in [2.75, 3.05) is 32.0 Å². The Labute approximate surface area is 126 Å². The fraction of sp³-hybridized carbons (Fsp3) is 0.733. The quantitative estimate of drug-likeness (QED) is 0.863. The molecule has 1 aromatic rings. The largest absolute Gasteiger partial charge is 0.338 e. The number of hydrogen-bond acceptors (Lipinski definition) is 5. The van der Waals surface area contributed by atoms with E-state index in [2.05, 4.69) is 36.6 Å². The average molecular weight is 294 g/mol. The topological polar surface area (TPSA) is 70.4 Å². The number of rotatable bonds is 5. The van der Waals surface area contributed by atoms with Gasteiger partial charge in [-0.25, -0.2) is 0 Å². The van der Waals surface area contributed by atoms with Crippen LogP contribution in [-0.4, -0.2) is 48.7 Å². The van der Waals surface area contributed by atoms with Crippen molar-refractivity contribution in [2.24, 2.45) is 0 Å². The summed E-state index contributed by atoms with van der Waals surface area (Å²) in [5.74, 6) is 0.337. The zero-order valence-electron chi connectivity index (χ0n) is 13.4. The van der Waals surface area contributed by atoms with E-state index < -0.39 is 0 Å². The molecule has 1 aromatic heterocycles. The molecule has 2 N–H and O–H groups in total. The SMILES string of the molecule is CN(CC(=O)Nc1cc(C(C)(C)C)no1)CC1CCCN1. The Morgan fingerprint density at radius 1 is 1.57 bits per heavy atom. The Morgan fingerprint density at radius 3 is 2.90 bits per heavy atom. The fourth-order valence-corrected chi connectivity index (χ4v) is 2.46. The van der Waals surface area contributed by atoms with Crippen molar-refractivity contribution in [3.05, 3.63) is 11.8 Å². The molecule has 0 bridgehead atoms. The van der Waals surface area contributed by atoms with Gasteiger partial charge in [0.2, 0.25) is 11.8 Å². The molecule has 1 fully saturated rings. The number of nitrogens with zero attached hydrogens (tertiary/aromatic N) is 2. The first-order chi connectivity index (χ1) is 9.84. The summed E-state index contributed by atoms with van der Waals surface area (Å²) in [7, 11) is 1.96. The highest BCUT2D eigenvalue weighted by Crippen LogP contribution is 2.23. The lowest BCUT2D eigenvalue weighted by molar-refractivity contribution is -0.117. The minimum absolute atomic E-state index is 0.0768. The highest BCUT2D eigenvalue weighted by molar-refractivity contribution is 5.90. The van der Waals surface area contributed by atoms with Gasteiger partial charge >= 0.3 is 0 Å². The van der Waals surface area contributed by atoms with E-state index in [0.29, 0.717) is 18.5 Å². The smallest absolute Gasteiger partial charge is 0.240 e. The number of anilines is 1. The molecular formula is C15H26N4O2. The number of carbonyl (C=O) groups is 1. The van der Waals surface area contributed by atoms with Crippen LogP contribution in [0.3, 0.4) is 0 Å². The highest BCUT2D eigenvalue weighted by Gasteiger charge is 2.21. The van der Waals surface area contributed by atoms with E-state index in [4.69, 9.17) is 4.52 Å². The van der Waals surface area contributed by atoms with Gasteiger partial charge < -0.3 is 9.84 Å². The van der Waals surface area contributed by atoms with Crippen LogP contribution in [0.1, 0.15) is 39.3 Å². The normalized spacial score (nSPS) is 19.2. The molecule has 6 heteroatoms. The molecule has 1 aliphatic heterocycles. The molecule has 0 saturated carbocycles. The van der Waals surface area contributed by atoms with E-state index in [1.54, 1.807) is 6.07 Å². The van der Waals surface area contributed by atoms with Gasteiger partial charge in [0.15, 0.2) is 0 Å². The van der Waals surface area contributed by atoms with Crippen molar-refractivity contribution in [1.29, 1.82) is 0 Å². The van der Waals surface area contributed by atoms with E-state index in [-0.39, 0.29) is 11.3 Å². The van der Waals surface area contributed by atoms with Gasteiger partial charge in [0, 0.05) is 24.1 Å². The number of likely N-dealkylation sites (N-methyl/N-ethyl adjacent to an activating group) is 1. The molecule has 118 valence electrons. The molecule has 1 aliphatic rings. The fourth-order valence-electron chi connectivity index (χ4n) is 2.46. The highest BCUT2D eigenvalue weighted by atomic mass is 16.5. The minimum Gasteiger partial charge on any atom is -0.338 e. The van der Waals surface area contributed by atoms with Gasteiger partial charge in [-0.2, -0.15) is 0 Å². The molecule has 21 heavy (non-hydrogen) atoms. The molecule has 2 rings (SSSR count). The average Bonchev–Trinajstić information content (AvgIpc) is 2.98. The van der Waals surface area contributed by atoms with Gasteiger partial charge in [-0.15, -0.1) is 0 Å². The zero-order chi connectivity index (χ0) is 15.5. The summed E-state index contributed by atoms with van der Waals surface area (Å²) in [5.41, 5.74) is 0.749. The van der Waals surface area contributed by atoms with Crippen molar-refractivity contribution >= 4 is 11.8 Å². The standard InChI is InChI=1S/C15H26N4O2/c1-15(2,3)12-8-14(21-18-12)17-13(20)10-19(4)9-11-6-5-7-16-11/h8,11,16H,5-7,9-10H2,1-4H3,(H,17,20). The molecule has 1 atom stereocenters. The van der Waals surface area contributed by atoms with Crippen LogP contribution in [0, 0.1) is 0 Å². The zero-order valence-corrected chi connectivity index (χ0v) is 13.4. The summed E-state index contributed by atoms with van der Waals surface area (Å²) in [4.78, 5) is 14.0. The Balaban J connectivity index is 1.79. The molecule has 0 aromatic carbocycles. The van der Waals surface area contributed by atoms with Crippen LogP contribution in [0.15, 0.2) is 10.6 Å². The Morgan fingerprint density at radius 2 is 2.33 bits per heavy atom. The van der Waals surface area contributed by atoms with E-state index in [0.717, 1.165) is 18.8 Å². The van der Waals surface area contributed by atoms with Crippen LogP contribution in [-0.2, 0) is 10.2 Å². The number of amides is 1. The Kier molecular flexibility index (Phi) is 5.00. The van der Waals surface area contributed by atoms with Gasteiger partial charge in [0.25, 0.3) is 0 Å². The van der Waals surface area contributed by atoms with Crippen LogP contribution in [0.5, 0.6) is 0 Å². The van der Waals surface area contributed by atoms with Crippen molar-refractivity contribution in [3.63, 3.8) is 0 Å². The van der Waals surface area contributed by atoms with Crippen LogP contribution in [0.4, 0.5) is 5.88 Å². The number of carbonyl (C=O) groups excluding carboxylic acids is 1. The van der Waals surface area contributed by atoms with Gasteiger partial charge in [0.05, 0.1) is 12.2 Å². The number of nitrogens with one attached hydrogen (secondary N) is 2. The molecule has 1 saturated heterocycles. The maximum absolute atomic E-state index is 12.0. The van der Waals surface area contributed by atoms with E-state index in [9.17, 15) is 4.79 Å². The first kappa shape index (κ1) is 16.0. The van der Waals surface area contributed by atoms with Crippen molar-refractivity contribution in [2.45, 2.75) is 45.1 Å². The summed E-state index contributed by atoms with van der Waals surface area (Å²) in [6, 6.07) is 2.29. The third-order valence-corrected chi connectivity index (χ3v) is 3.65. The summed E-state index contributed by atoms with van der Waals surface area (Å²) >= 11 is 0. The first-order valence-corrected chi connectivity index (χ1v) is 7.53. The molecule has 0 radical (unpaired) electrons. The number of aromatic nitrogens is 1. The van der Waals surface area contributed by atoms with Crippen LogP contribution < -0.4 is 10.6 Å². The summed E-state index contributed by atoms with van der Waals surface area (Å²) in [5, 5.41) is 10.2. The van der Waals surface area contributed by atoms with Crippen LogP contribution >= 0.6 is 0 Å². The lowest BCUT2D eigenvalue weighted by Crippen LogP contribution is -2.39. The van der Waals surface area contributed by atoms with Crippen molar-refractivity contribution in [1.82, 2.24) is 15.4 Å². The third-order valence-electron chi connectivity index (χ3n) is 3.65. The first-order valence-electron chi connectivity index (χ1n) is 7.53. The summed E-state index contributed by atoms with van der Waals surface area (Å²) < 4.78 is 5.16. The van der Waals surface area contributed by atoms with E-state index in [1.165, 1.54) is 12.8 Å². The summed E-state index contributed by atoms with van der Waals surface area (Å²) in [6.45, 7) is 8.48. The van der Waals surface area contributed by atoms with Crippen molar-refractivity contribution < 1.29 is 9.32 Å². The second-order valence-electron chi connectivity index (χ2n) is 6.86. The van der Waals surface area contributed by atoms with Gasteiger partial charge in [0.1, 0.15) is 0 Å². The van der Waals surface area contributed by atoms with Gasteiger partial charge in [-0.1, -0.05) is 25.9 Å². The molecule has 2 heterocycles. The maximum Gasteiger partial charge on any atom is 0.240 e. The molecule has 1 unspecified atom stereocenters. The minimum atomic E-state index is -0.0859. The second-order valence-corrected chi connectivity index (χ2v) is 6.86. The van der Waals surface area contributed by atoms with Gasteiger partial charge in [-0.05, 0) is 26.4 Å². The molecule has 0 aliphatic carbocycles. The van der Waals surface area contributed by atoms with Gasteiger partial charge in [-0.3, -0.25) is 15.0 Å². The predicted octanol–water partition coefficient (Wildman–Crippen LogP) is 1.59. The van der Waals surface area contributed by atoms with E-state index >= 15 is 0 Å². The van der Waals surface area contributed by atoms with Crippen molar-refractivity contribution in [3.8, 4) is 0 Å². The molecule has 0 spiro atoms. The predicted molar refractivity (Wildman–Crippen MR) is 82.4 cm³/mol. The lowest BCUT2D eigenvalue weighted by Gasteiger charge is -2.20. The maximum atomic E-state index is 12.0. The monoisotopic (exact) mass is 294 g/mol. The second kappa shape index (κ2) is 6.58. The summed E-state index contributed by atoms with van der Waals surface area (Å²) in [6.07, 6.45) is 2.40. The van der Waals surface area contributed by atoms with E-state index in [1.807, 2.05) is 11.9 Å². The lowest BCUT2D eigenvalue weighted by atomic mass is 9.92. The third kappa shape index (κ3) is 4.82. The number of hydrogen-bond donors (Lipinski definition) is 2. The van der Waals surface area contributed by atoms with Crippen LogP contribution in [0.2, 0.25) is 0 Å². The Hall–Kier alpha value is -1.40. The molecular weight excluding hydrogens is 268 g/mol. The molecule has 6 nitrogen and oxygen atoms in total. The van der Waals surface area contributed by atoms with Crippen LogP contribution in [0.25, 0.3) is 0 Å². The molecule has 1 amide bonds. The Bertz CT molecular complexity index is 472.